The van der Waals surface area contributed by atoms with E-state index < -0.39 is 0 Å². The van der Waals surface area contributed by atoms with Gasteiger partial charge in [0.2, 0.25) is 0 Å². The standard InChI is InChI=1S/C15H21N5/c1-12-17-18-15(20(12)14-3-4-14)11-19(2)10-7-13-5-8-16-9-6-13/h5-6,8-9,14H,3-4,7,10-11H2,1-2H3. The van der Waals surface area contributed by atoms with Crippen LogP contribution >= 0.6 is 0 Å². The third-order valence-corrected chi connectivity index (χ3v) is 3.79. The largest absolute Gasteiger partial charge is 0.311 e. The van der Waals surface area contributed by atoms with Gasteiger partial charge in [0.05, 0.1) is 6.54 Å². The van der Waals surface area contributed by atoms with Crippen molar-refractivity contribution in [3.63, 3.8) is 0 Å². The Hall–Kier alpha value is -1.75. The fourth-order valence-electron chi connectivity index (χ4n) is 2.52. The maximum Gasteiger partial charge on any atom is 0.147 e. The molecule has 0 saturated heterocycles. The minimum atomic E-state index is 0.647. The Balaban J connectivity index is 1.57. The smallest absolute Gasteiger partial charge is 0.147 e. The first-order chi connectivity index (χ1) is 9.74. The van der Waals surface area contributed by atoms with Crippen LogP contribution in [-0.2, 0) is 13.0 Å². The number of aryl methyl sites for hydroxylation is 1. The molecule has 1 fully saturated rings. The molecule has 1 saturated carbocycles. The summed E-state index contributed by atoms with van der Waals surface area (Å²) in [5.41, 5.74) is 1.33. The van der Waals surface area contributed by atoms with Crippen LogP contribution in [0, 0.1) is 6.92 Å². The molecule has 0 aromatic carbocycles. The number of aromatic nitrogens is 4. The summed E-state index contributed by atoms with van der Waals surface area (Å²) in [4.78, 5) is 6.35. The summed E-state index contributed by atoms with van der Waals surface area (Å²) in [7, 11) is 2.14. The number of likely N-dealkylation sites (N-methyl/N-ethyl adjacent to an activating group) is 1. The van der Waals surface area contributed by atoms with Gasteiger partial charge in [-0.05, 0) is 50.9 Å². The third kappa shape index (κ3) is 3.04. The van der Waals surface area contributed by atoms with E-state index in [1.54, 1.807) is 0 Å². The van der Waals surface area contributed by atoms with Crippen molar-refractivity contribution in [3.05, 3.63) is 41.7 Å². The predicted octanol–water partition coefficient (Wildman–Crippen LogP) is 1.99. The van der Waals surface area contributed by atoms with Crippen molar-refractivity contribution in [2.45, 2.75) is 38.8 Å². The van der Waals surface area contributed by atoms with Gasteiger partial charge in [0, 0.05) is 25.0 Å². The van der Waals surface area contributed by atoms with Gasteiger partial charge >= 0.3 is 0 Å². The van der Waals surface area contributed by atoms with E-state index in [0.29, 0.717) is 6.04 Å². The quantitative estimate of drug-likeness (QED) is 0.806. The van der Waals surface area contributed by atoms with Crippen LogP contribution in [0.4, 0.5) is 0 Å². The van der Waals surface area contributed by atoms with Gasteiger partial charge in [0.25, 0.3) is 0 Å². The fraction of sp³-hybridized carbons (Fsp3) is 0.533. The normalized spacial score (nSPS) is 14.9. The highest BCUT2D eigenvalue weighted by molar-refractivity contribution is 5.10. The Bertz CT molecular complexity index is 559. The van der Waals surface area contributed by atoms with Crippen molar-refractivity contribution >= 4 is 0 Å². The molecule has 5 nitrogen and oxygen atoms in total. The average Bonchev–Trinajstić information content (AvgIpc) is 3.23. The predicted molar refractivity (Wildman–Crippen MR) is 77.3 cm³/mol. The SMILES string of the molecule is Cc1nnc(CN(C)CCc2ccncc2)n1C1CC1. The number of nitrogens with zero attached hydrogens (tertiary/aromatic N) is 5. The molecule has 0 spiro atoms. The van der Waals surface area contributed by atoms with E-state index in [9.17, 15) is 0 Å². The Morgan fingerprint density at radius 3 is 2.70 bits per heavy atom. The molecule has 2 aromatic rings. The van der Waals surface area contributed by atoms with Gasteiger partial charge in [-0.25, -0.2) is 0 Å². The minimum Gasteiger partial charge on any atom is -0.311 e. The highest BCUT2D eigenvalue weighted by atomic mass is 15.3. The van der Waals surface area contributed by atoms with E-state index in [1.165, 1.54) is 18.4 Å². The lowest BCUT2D eigenvalue weighted by atomic mass is 10.2. The Morgan fingerprint density at radius 1 is 1.25 bits per heavy atom. The van der Waals surface area contributed by atoms with Crippen molar-refractivity contribution in [2.75, 3.05) is 13.6 Å². The van der Waals surface area contributed by atoms with Crippen molar-refractivity contribution in [2.24, 2.45) is 0 Å². The second kappa shape index (κ2) is 5.71. The van der Waals surface area contributed by atoms with Crippen LogP contribution in [-0.4, -0.2) is 38.2 Å². The lowest BCUT2D eigenvalue weighted by molar-refractivity contribution is 0.316. The van der Waals surface area contributed by atoms with Crippen LogP contribution in [0.15, 0.2) is 24.5 Å². The molecule has 1 aliphatic rings. The number of hydrogen-bond acceptors (Lipinski definition) is 4. The summed E-state index contributed by atoms with van der Waals surface area (Å²) in [6.07, 6.45) is 7.28. The van der Waals surface area contributed by atoms with Gasteiger partial charge in [-0.3, -0.25) is 9.88 Å². The number of rotatable bonds is 6. The summed E-state index contributed by atoms with van der Waals surface area (Å²) >= 11 is 0. The Labute approximate surface area is 119 Å². The van der Waals surface area contributed by atoms with E-state index in [-0.39, 0.29) is 0 Å². The van der Waals surface area contributed by atoms with Crippen molar-refractivity contribution < 1.29 is 0 Å². The minimum absolute atomic E-state index is 0.647. The van der Waals surface area contributed by atoms with Crippen molar-refractivity contribution in [3.8, 4) is 0 Å². The monoisotopic (exact) mass is 271 g/mol. The average molecular weight is 271 g/mol. The first-order valence-electron chi connectivity index (χ1n) is 7.22. The zero-order chi connectivity index (χ0) is 13.9. The van der Waals surface area contributed by atoms with Crippen LogP contribution in [0.1, 0.15) is 36.1 Å². The molecule has 2 aromatic heterocycles. The van der Waals surface area contributed by atoms with Crippen LogP contribution < -0.4 is 0 Å². The van der Waals surface area contributed by atoms with Crippen LogP contribution in [0.3, 0.4) is 0 Å². The molecule has 1 aliphatic carbocycles. The van der Waals surface area contributed by atoms with Crippen molar-refractivity contribution in [1.82, 2.24) is 24.6 Å². The van der Waals surface area contributed by atoms with E-state index in [0.717, 1.165) is 31.2 Å². The summed E-state index contributed by atoms with van der Waals surface area (Å²) < 4.78 is 2.31. The highest BCUT2D eigenvalue weighted by Gasteiger charge is 2.28. The fourth-order valence-corrected chi connectivity index (χ4v) is 2.52. The zero-order valence-corrected chi connectivity index (χ0v) is 12.2. The molecule has 0 bridgehead atoms. The first kappa shape index (κ1) is 13.2. The molecule has 0 aliphatic heterocycles. The first-order valence-corrected chi connectivity index (χ1v) is 7.22. The van der Waals surface area contributed by atoms with Gasteiger partial charge < -0.3 is 4.57 Å². The van der Waals surface area contributed by atoms with Gasteiger partial charge in [-0.1, -0.05) is 0 Å². The highest BCUT2D eigenvalue weighted by Crippen LogP contribution is 2.36. The Morgan fingerprint density at radius 2 is 2.00 bits per heavy atom. The third-order valence-electron chi connectivity index (χ3n) is 3.79. The molecule has 0 N–H and O–H groups in total. The van der Waals surface area contributed by atoms with Gasteiger partial charge in [0.1, 0.15) is 11.6 Å². The number of pyridine rings is 1. The molecule has 3 rings (SSSR count). The zero-order valence-electron chi connectivity index (χ0n) is 12.2. The molecule has 0 atom stereocenters. The molecule has 20 heavy (non-hydrogen) atoms. The van der Waals surface area contributed by atoms with E-state index >= 15 is 0 Å². The van der Waals surface area contributed by atoms with Gasteiger partial charge in [-0.15, -0.1) is 10.2 Å². The molecular weight excluding hydrogens is 250 g/mol. The second-order valence-electron chi connectivity index (χ2n) is 5.61. The second-order valence-corrected chi connectivity index (χ2v) is 5.61. The molecular formula is C15H21N5. The molecule has 0 radical (unpaired) electrons. The molecule has 5 heteroatoms. The summed E-state index contributed by atoms with van der Waals surface area (Å²) in [6, 6.07) is 4.80. The maximum atomic E-state index is 4.33. The van der Waals surface area contributed by atoms with Crippen LogP contribution in [0.5, 0.6) is 0 Å². The Kier molecular flexibility index (Phi) is 3.78. The molecule has 0 unspecified atom stereocenters. The number of hydrogen-bond donors (Lipinski definition) is 0. The van der Waals surface area contributed by atoms with Crippen molar-refractivity contribution in [1.29, 1.82) is 0 Å². The maximum absolute atomic E-state index is 4.33. The molecule has 106 valence electrons. The van der Waals surface area contributed by atoms with E-state index in [2.05, 4.69) is 43.8 Å². The summed E-state index contributed by atoms with van der Waals surface area (Å²) in [5.74, 6) is 2.15. The van der Waals surface area contributed by atoms with Crippen LogP contribution in [0.25, 0.3) is 0 Å². The summed E-state index contributed by atoms with van der Waals surface area (Å²) in [6.45, 7) is 3.93. The molecule has 0 amide bonds. The van der Waals surface area contributed by atoms with Gasteiger partial charge in [-0.2, -0.15) is 0 Å². The van der Waals surface area contributed by atoms with E-state index in [4.69, 9.17) is 0 Å². The lowest BCUT2D eigenvalue weighted by Gasteiger charge is -2.17. The summed E-state index contributed by atoms with van der Waals surface area (Å²) in [5, 5.41) is 8.56. The van der Waals surface area contributed by atoms with Crippen LogP contribution in [0.2, 0.25) is 0 Å². The molecule has 2 heterocycles. The van der Waals surface area contributed by atoms with E-state index in [1.807, 2.05) is 19.3 Å². The topological polar surface area (TPSA) is 46.8 Å². The van der Waals surface area contributed by atoms with Gasteiger partial charge in [0.15, 0.2) is 0 Å². The lowest BCUT2D eigenvalue weighted by Crippen LogP contribution is -2.23.